The van der Waals surface area contributed by atoms with Crippen molar-refractivity contribution in [3.8, 4) is 11.4 Å². The van der Waals surface area contributed by atoms with Gasteiger partial charge in [-0.2, -0.15) is 0 Å². The van der Waals surface area contributed by atoms with Gasteiger partial charge in [0.1, 0.15) is 5.75 Å². The monoisotopic (exact) mass is 289 g/mol. The van der Waals surface area contributed by atoms with Gasteiger partial charge in [-0.15, -0.1) is 0 Å². The highest BCUT2D eigenvalue weighted by molar-refractivity contribution is 6.09. The molecule has 0 aliphatic carbocycles. The number of aromatic hydroxyl groups is 1. The summed E-state index contributed by atoms with van der Waals surface area (Å²) in [6.07, 6.45) is 0. The number of benzene rings is 3. The average molecular weight is 289 g/mol. The van der Waals surface area contributed by atoms with E-state index in [0.717, 1.165) is 16.7 Å². The highest BCUT2D eigenvalue weighted by Crippen LogP contribution is 2.34. The summed E-state index contributed by atoms with van der Waals surface area (Å²) < 4.78 is 2.11. The number of rotatable bonds is 1. The minimum atomic E-state index is 0.291. The van der Waals surface area contributed by atoms with Crippen molar-refractivity contribution in [2.45, 2.75) is 13.8 Å². The molecule has 0 radical (unpaired) electrons. The van der Waals surface area contributed by atoms with Crippen LogP contribution in [0.5, 0.6) is 5.75 Å². The van der Waals surface area contributed by atoms with E-state index >= 15 is 0 Å². The van der Waals surface area contributed by atoms with Crippen LogP contribution in [0.1, 0.15) is 13.8 Å². The van der Waals surface area contributed by atoms with Crippen molar-refractivity contribution in [3.05, 3.63) is 72.8 Å². The molecule has 0 saturated heterocycles. The second kappa shape index (κ2) is 5.94. The van der Waals surface area contributed by atoms with Crippen molar-refractivity contribution in [3.63, 3.8) is 0 Å². The maximum Gasteiger partial charge on any atom is 0.139 e. The Morgan fingerprint density at radius 1 is 0.636 bits per heavy atom. The second-order valence-corrected chi connectivity index (χ2v) is 4.86. The van der Waals surface area contributed by atoms with E-state index in [2.05, 4.69) is 28.8 Å². The van der Waals surface area contributed by atoms with Crippen LogP contribution in [0.15, 0.2) is 72.8 Å². The molecule has 0 aliphatic rings. The van der Waals surface area contributed by atoms with Crippen LogP contribution in [-0.2, 0) is 0 Å². The van der Waals surface area contributed by atoms with Crippen molar-refractivity contribution in [2.75, 3.05) is 0 Å². The van der Waals surface area contributed by atoms with Crippen LogP contribution in [0, 0.1) is 0 Å². The standard InChI is InChI=1S/C18H13NO.C2H6/c20-18-12-6-5-11-17(18)19-15-9-3-1-7-13(15)14-8-2-4-10-16(14)19;1-2/h1-12,20H;1-2H3. The molecule has 22 heavy (non-hydrogen) atoms. The molecular formula is C20H19NO. The average Bonchev–Trinajstić information content (AvgIpc) is 2.92. The highest BCUT2D eigenvalue weighted by atomic mass is 16.3. The molecule has 0 amide bonds. The molecular weight excluding hydrogens is 270 g/mol. The van der Waals surface area contributed by atoms with E-state index in [1.165, 1.54) is 10.8 Å². The zero-order valence-corrected chi connectivity index (χ0v) is 12.8. The van der Waals surface area contributed by atoms with E-state index in [4.69, 9.17) is 0 Å². The minimum absolute atomic E-state index is 0.291. The highest BCUT2D eigenvalue weighted by Gasteiger charge is 2.12. The molecule has 0 fully saturated rings. The molecule has 4 rings (SSSR count). The smallest absolute Gasteiger partial charge is 0.139 e. The van der Waals surface area contributed by atoms with Gasteiger partial charge < -0.3 is 9.67 Å². The van der Waals surface area contributed by atoms with Crippen LogP contribution in [0.4, 0.5) is 0 Å². The fraction of sp³-hybridized carbons (Fsp3) is 0.100. The summed E-state index contributed by atoms with van der Waals surface area (Å²) in [6, 6.07) is 24.0. The zero-order valence-electron chi connectivity index (χ0n) is 12.8. The normalized spacial score (nSPS) is 10.5. The molecule has 0 atom stereocenters. The van der Waals surface area contributed by atoms with Crippen molar-refractivity contribution in [1.29, 1.82) is 0 Å². The lowest BCUT2D eigenvalue weighted by atomic mass is 10.2. The third kappa shape index (κ3) is 2.13. The number of phenols is 1. The van der Waals surface area contributed by atoms with E-state index in [-0.39, 0.29) is 0 Å². The number of aromatic nitrogens is 1. The molecule has 0 spiro atoms. The van der Waals surface area contributed by atoms with Gasteiger partial charge in [0.05, 0.1) is 16.7 Å². The van der Waals surface area contributed by atoms with E-state index < -0.39 is 0 Å². The molecule has 0 saturated carbocycles. The maximum atomic E-state index is 10.2. The lowest BCUT2D eigenvalue weighted by molar-refractivity contribution is 0.473. The Morgan fingerprint density at radius 2 is 1.09 bits per heavy atom. The molecule has 4 aromatic rings. The fourth-order valence-corrected chi connectivity index (χ4v) is 2.84. The number of hydrogen-bond acceptors (Lipinski definition) is 1. The quantitative estimate of drug-likeness (QED) is 0.490. The number of hydrogen-bond donors (Lipinski definition) is 1. The van der Waals surface area contributed by atoms with Crippen LogP contribution in [0.3, 0.4) is 0 Å². The summed E-state index contributed by atoms with van der Waals surface area (Å²) in [4.78, 5) is 0. The largest absolute Gasteiger partial charge is 0.506 e. The molecule has 1 aromatic heterocycles. The SMILES string of the molecule is CC.Oc1ccccc1-n1c2ccccc2c2ccccc21. The van der Waals surface area contributed by atoms with Crippen LogP contribution < -0.4 is 0 Å². The van der Waals surface area contributed by atoms with Gasteiger partial charge in [-0.1, -0.05) is 62.4 Å². The maximum absolute atomic E-state index is 10.2. The van der Waals surface area contributed by atoms with Gasteiger partial charge in [0, 0.05) is 10.8 Å². The van der Waals surface area contributed by atoms with Gasteiger partial charge in [-0.3, -0.25) is 0 Å². The van der Waals surface area contributed by atoms with E-state index in [0.29, 0.717) is 5.75 Å². The van der Waals surface area contributed by atoms with Crippen LogP contribution in [0.2, 0.25) is 0 Å². The molecule has 0 unspecified atom stereocenters. The number of nitrogens with zero attached hydrogens (tertiary/aromatic N) is 1. The summed E-state index contributed by atoms with van der Waals surface area (Å²) in [5.74, 6) is 0.291. The Morgan fingerprint density at radius 3 is 1.64 bits per heavy atom. The van der Waals surface area contributed by atoms with E-state index in [1.54, 1.807) is 6.07 Å². The van der Waals surface area contributed by atoms with E-state index in [9.17, 15) is 5.11 Å². The van der Waals surface area contributed by atoms with Gasteiger partial charge in [0.2, 0.25) is 0 Å². The number of fused-ring (bicyclic) bond motifs is 3. The van der Waals surface area contributed by atoms with Crippen molar-refractivity contribution in [1.82, 2.24) is 4.57 Å². The second-order valence-electron chi connectivity index (χ2n) is 4.86. The lowest BCUT2D eigenvalue weighted by Crippen LogP contribution is -1.93. The van der Waals surface area contributed by atoms with Crippen molar-refractivity contribution >= 4 is 21.8 Å². The summed E-state index contributed by atoms with van der Waals surface area (Å²) in [5.41, 5.74) is 3.02. The predicted octanol–water partition coefficient (Wildman–Crippen LogP) is 5.52. The van der Waals surface area contributed by atoms with Crippen LogP contribution in [-0.4, -0.2) is 9.67 Å². The Labute approximate surface area is 130 Å². The van der Waals surface area contributed by atoms with Crippen LogP contribution >= 0.6 is 0 Å². The molecule has 1 N–H and O–H groups in total. The Kier molecular flexibility index (Phi) is 3.84. The zero-order chi connectivity index (χ0) is 15.5. The molecule has 1 heterocycles. The third-order valence-electron chi connectivity index (χ3n) is 3.70. The van der Waals surface area contributed by atoms with Gasteiger partial charge in [0.25, 0.3) is 0 Å². The first-order valence-corrected chi connectivity index (χ1v) is 7.63. The molecule has 0 aliphatic heterocycles. The van der Waals surface area contributed by atoms with E-state index in [1.807, 2.05) is 56.3 Å². The Hall–Kier alpha value is -2.74. The van der Waals surface area contributed by atoms with Crippen molar-refractivity contribution in [2.24, 2.45) is 0 Å². The summed E-state index contributed by atoms with van der Waals surface area (Å²) >= 11 is 0. The molecule has 3 aromatic carbocycles. The first-order chi connectivity index (χ1) is 10.9. The summed E-state index contributed by atoms with van der Waals surface area (Å²) in [6.45, 7) is 4.00. The van der Waals surface area contributed by atoms with Crippen LogP contribution in [0.25, 0.3) is 27.5 Å². The van der Waals surface area contributed by atoms with Gasteiger partial charge in [-0.05, 0) is 24.3 Å². The predicted molar refractivity (Wildman–Crippen MR) is 93.8 cm³/mol. The number of phenolic OH excluding ortho intramolecular Hbond substituents is 1. The van der Waals surface area contributed by atoms with Gasteiger partial charge in [-0.25, -0.2) is 0 Å². The Bertz CT molecular complexity index is 868. The molecule has 0 bridgehead atoms. The van der Waals surface area contributed by atoms with Gasteiger partial charge >= 0.3 is 0 Å². The lowest BCUT2D eigenvalue weighted by Gasteiger charge is -2.09. The summed E-state index contributed by atoms with van der Waals surface area (Å²) in [5, 5.41) is 12.6. The fourth-order valence-electron chi connectivity index (χ4n) is 2.84. The minimum Gasteiger partial charge on any atom is -0.506 e. The van der Waals surface area contributed by atoms with Gasteiger partial charge in [0.15, 0.2) is 0 Å². The number of para-hydroxylation sites is 4. The molecule has 2 nitrogen and oxygen atoms in total. The topological polar surface area (TPSA) is 25.2 Å². The molecule has 110 valence electrons. The Balaban J connectivity index is 0.000000693. The molecule has 2 heteroatoms. The summed E-state index contributed by atoms with van der Waals surface area (Å²) in [7, 11) is 0. The first-order valence-electron chi connectivity index (χ1n) is 7.63. The van der Waals surface area contributed by atoms with Crippen molar-refractivity contribution < 1.29 is 5.11 Å². The third-order valence-corrected chi connectivity index (χ3v) is 3.70. The first kappa shape index (κ1) is 14.2.